The van der Waals surface area contributed by atoms with E-state index < -0.39 is 26.9 Å². The molecule has 0 fully saturated rings. The van der Waals surface area contributed by atoms with Gasteiger partial charge in [-0.15, -0.1) is 0 Å². The number of aryl methyl sites for hydroxylation is 1. The Morgan fingerprint density at radius 2 is 1.97 bits per heavy atom. The molecule has 0 saturated carbocycles. The average molecular weight is 547 g/mol. The van der Waals surface area contributed by atoms with Gasteiger partial charge in [0.25, 0.3) is 5.96 Å². The molecule has 0 amide bonds. The first-order valence-corrected chi connectivity index (χ1v) is 14.1. The van der Waals surface area contributed by atoms with Gasteiger partial charge in [-0.2, -0.15) is 0 Å². The minimum atomic E-state index is -4.13. The Bertz CT molecular complexity index is 1290. The summed E-state index contributed by atoms with van der Waals surface area (Å²) in [7, 11) is -4.13. The van der Waals surface area contributed by atoms with Gasteiger partial charge in [-0.05, 0) is 74.1 Å². The Labute approximate surface area is 224 Å². The summed E-state index contributed by atoms with van der Waals surface area (Å²) in [6.07, 6.45) is 4.18. The van der Waals surface area contributed by atoms with E-state index in [1.165, 1.54) is 6.07 Å². The Morgan fingerprint density at radius 3 is 2.63 bits per heavy atom. The molecule has 208 valence electrons. The molecule has 0 radical (unpaired) electrons. The summed E-state index contributed by atoms with van der Waals surface area (Å²) >= 11 is 0. The smallest absolute Gasteiger partial charge is 0.251 e. The number of carbonyl (C=O) groups is 1. The maximum Gasteiger partial charge on any atom is 0.251 e. The molecular formula is C26H38N6O5S. The molecule has 1 heterocycles. The van der Waals surface area contributed by atoms with Gasteiger partial charge >= 0.3 is 0 Å². The van der Waals surface area contributed by atoms with Gasteiger partial charge in [0.15, 0.2) is 10.8 Å². The topological polar surface area (TPSA) is 170 Å². The highest BCUT2D eigenvalue weighted by Crippen LogP contribution is 2.24. The number of carbonyl (C=O) groups excluding carboxylic acids is 1. The summed E-state index contributed by atoms with van der Waals surface area (Å²) in [4.78, 5) is 32.0. The molecule has 2 aromatic rings. The number of benzene rings is 1. The van der Waals surface area contributed by atoms with Crippen LogP contribution in [-0.4, -0.2) is 42.8 Å². The number of aliphatic imine (C=N–C) groups is 1. The number of Topliss-reactive ketones (excluding diaryl/α,β-unsaturated/α-hetero) is 1. The van der Waals surface area contributed by atoms with Gasteiger partial charge in [0.2, 0.25) is 10.0 Å². The number of nitrogens with zero attached hydrogens (tertiary/aromatic N) is 3. The Morgan fingerprint density at radius 1 is 1.26 bits per heavy atom. The molecule has 12 heteroatoms. The number of ketones is 1. The largest absolute Gasteiger partial charge is 0.365 e. The molecule has 0 aliphatic rings. The van der Waals surface area contributed by atoms with Crippen LogP contribution >= 0.6 is 0 Å². The number of fused-ring (bicyclic) bond motifs is 1. The number of hydrogen-bond acceptors (Lipinski definition) is 7. The number of nitrogens with one attached hydrogen (secondary N) is 2. The van der Waals surface area contributed by atoms with Crippen molar-refractivity contribution >= 4 is 32.7 Å². The number of rotatable bonds is 15. The van der Waals surface area contributed by atoms with Crippen molar-refractivity contribution in [3.8, 4) is 0 Å². The van der Waals surface area contributed by atoms with Crippen LogP contribution in [0.4, 0.5) is 0 Å². The molecule has 1 aromatic carbocycles. The third-order valence-electron chi connectivity index (χ3n) is 6.01. The van der Waals surface area contributed by atoms with E-state index in [1.807, 2.05) is 13.0 Å². The van der Waals surface area contributed by atoms with Crippen LogP contribution in [0.3, 0.4) is 0 Å². The maximum atomic E-state index is 13.5. The van der Waals surface area contributed by atoms with E-state index in [2.05, 4.69) is 42.0 Å². The van der Waals surface area contributed by atoms with Crippen molar-refractivity contribution < 1.29 is 18.2 Å². The lowest BCUT2D eigenvalue weighted by molar-refractivity contribution is -0.525. The molecule has 2 rings (SSSR count). The first-order chi connectivity index (χ1) is 17.8. The highest BCUT2D eigenvalue weighted by atomic mass is 32.2. The Hall–Kier alpha value is -3.38. The predicted octanol–water partition coefficient (Wildman–Crippen LogP) is 3.65. The van der Waals surface area contributed by atoms with E-state index in [1.54, 1.807) is 23.8 Å². The minimum absolute atomic E-state index is 0.0265. The molecule has 0 aliphatic carbocycles. The molecule has 4 N–H and O–H groups in total. The molecule has 1 aromatic heterocycles. The second-order valence-corrected chi connectivity index (χ2v) is 11.7. The highest BCUT2D eigenvalue weighted by Gasteiger charge is 2.28. The number of para-hydroxylation sites is 1. The number of hydrazine groups is 1. The normalized spacial score (nSPS) is 13.9. The van der Waals surface area contributed by atoms with Gasteiger partial charge in [0.1, 0.15) is 4.90 Å². The van der Waals surface area contributed by atoms with Crippen LogP contribution in [-0.2, 0) is 14.8 Å². The Kier molecular flexibility index (Phi) is 11.3. The zero-order valence-electron chi connectivity index (χ0n) is 22.4. The van der Waals surface area contributed by atoms with Crippen molar-refractivity contribution in [2.45, 2.75) is 70.7 Å². The van der Waals surface area contributed by atoms with Crippen molar-refractivity contribution in [1.82, 2.24) is 15.1 Å². The van der Waals surface area contributed by atoms with Gasteiger partial charge < -0.3 is 5.73 Å². The van der Waals surface area contributed by atoms with Gasteiger partial charge in [0.05, 0.1) is 11.6 Å². The Balaban J connectivity index is 2.25. The van der Waals surface area contributed by atoms with Gasteiger partial charge in [-0.3, -0.25) is 9.78 Å². The van der Waals surface area contributed by atoms with Crippen molar-refractivity contribution in [2.75, 3.05) is 6.54 Å². The summed E-state index contributed by atoms with van der Waals surface area (Å²) in [5.74, 6) is 0.157. The van der Waals surface area contributed by atoms with Crippen LogP contribution in [0.25, 0.3) is 10.9 Å². The standard InChI is InChI=1S/C26H38N6O5S/c1-17(2)14-18(3)11-12-20(5)25(33)22(9-7-13-28-26(27)30-32(34)35)31-38(36,37)23-10-6-8-21-15-19(4)16-29-24(21)23/h6,8,10,15-18,22,31H,5,7,9,11-14H2,1-4H3,(H3,27,28,30)/t18-,22+/m1/s1. The number of nitrogens with two attached hydrogens (primary N) is 1. The molecule has 11 nitrogen and oxygen atoms in total. The SMILES string of the molecule is C=C(CC[C@@H](C)CC(C)C)C(=O)[C@H](CCCN=C(N)N[N+](=O)[O-])NS(=O)(=O)c1cccc2cc(C)cnc12. The summed E-state index contributed by atoms with van der Waals surface area (Å²) < 4.78 is 29.5. The summed E-state index contributed by atoms with van der Waals surface area (Å²) in [5, 5.41) is 10.3. The molecule has 0 saturated heterocycles. The van der Waals surface area contributed by atoms with Crippen molar-refractivity contribution in [3.63, 3.8) is 0 Å². The number of pyridine rings is 1. The van der Waals surface area contributed by atoms with E-state index in [9.17, 15) is 23.3 Å². The predicted molar refractivity (Wildman–Crippen MR) is 148 cm³/mol. The van der Waals surface area contributed by atoms with Gasteiger partial charge in [0, 0.05) is 18.1 Å². The number of nitro groups is 1. The fraction of sp³-hybridized carbons (Fsp3) is 0.500. The number of sulfonamides is 1. The lowest BCUT2D eigenvalue weighted by Crippen LogP contribution is -2.41. The highest BCUT2D eigenvalue weighted by molar-refractivity contribution is 7.89. The van der Waals surface area contributed by atoms with Crippen LogP contribution in [0, 0.1) is 28.9 Å². The van der Waals surface area contributed by atoms with Crippen molar-refractivity contribution in [3.05, 3.63) is 58.3 Å². The second kappa shape index (κ2) is 14.0. The lowest BCUT2D eigenvalue weighted by Gasteiger charge is -2.20. The third kappa shape index (κ3) is 9.49. The molecular weight excluding hydrogens is 508 g/mol. The third-order valence-corrected chi connectivity index (χ3v) is 7.52. The fourth-order valence-electron chi connectivity index (χ4n) is 4.29. The first-order valence-electron chi connectivity index (χ1n) is 12.6. The van der Waals surface area contributed by atoms with E-state index in [0.717, 1.165) is 18.4 Å². The van der Waals surface area contributed by atoms with E-state index in [0.29, 0.717) is 34.7 Å². The van der Waals surface area contributed by atoms with Crippen LogP contribution in [0.5, 0.6) is 0 Å². The molecule has 2 atom stereocenters. The van der Waals surface area contributed by atoms with Crippen molar-refractivity contribution in [2.24, 2.45) is 22.6 Å². The van der Waals surface area contributed by atoms with Crippen LogP contribution < -0.4 is 15.9 Å². The maximum absolute atomic E-state index is 13.5. The van der Waals surface area contributed by atoms with Crippen LogP contribution in [0.2, 0.25) is 0 Å². The van der Waals surface area contributed by atoms with Crippen LogP contribution in [0.15, 0.2) is 52.5 Å². The lowest BCUT2D eigenvalue weighted by atomic mass is 9.91. The quantitative estimate of drug-likeness (QED) is 0.0759. The van der Waals surface area contributed by atoms with E-state index >= 15 is 0 Å². The summed E-state index contributed by atoms with van der Waals surface area (Å²) in [6, 6.07) is 5.60. The summed E-state index contributed by atoms with van der Waals surface area (Å²) in [6.45, 7) is 12.3. The van der Waals surface area contributed by atoms with Crippen LogP contribution in [0.1, 0.15) is 58.4 Å². The zero-order valence-corrected chi connectivity index (χ0v) is 23.3. The van der Waals surface area contributed by atoms with Crippen molar-refractivity contribution in [1.29, 1.82) is 0 Å². The molecule has 0 unspecified atom stereocenters. The van der Waals surface area contributed by atoms with Gasteiger partial charge in [-0.1, -0.05) is 44.9 Å². The fourth-order valence-corrected chi connectivity index (χ4v) is 5.70. The minimum Gasteiger partial charge on any atom is -0.365 e. The average Bonchev–Trinajstić information content (AvgIpc) is 2.82. The van der Waals surface area contributed by atoms with Gasteiger partial charge in [-0.25, -0.2) is 28.2 Å². The van der Waals surface area contributed by atoms with E-state index in [-0.39, 0.29) is 30.2 Å². The molecule has 0 aliphatic heterocycles. The molecule has 0 bridgehead atoms. The molecule has 0 spiro atoms. The number of hydrogen-bond donors (Lipinski definition) is 3. The monoisotopic (exact) mass is 546 g/mol. The number of aromatic nitrogens is 1. The zero-order chi connectivity index (χ0) is 28.5. The second-order valence-electron chi connectivity index (χ2n) is 10.0. The first kappa shape index (κ1) is 30.8. The number of guanidine groups is 1. The van der Waals surface area contributed by atoms with E-state index in [4.69, 9.17) is 5.73 Å². The summed E-state index contributed by atoms with van der Waals surface area (Å²) in [5.41, 5.74) is 8.73. The molecule has 38 heavy (non-hydrogen) atoms.